The molecule has 0 unspecified atom stereocenters. The Morgan fingerprint density at radius 2 is 2.18 bits per heavy atom. The Hall–Kier alpha value is -0.610. The number of hydrogen-bond donors (Lipinski definition) is 2. The number of hydrazine groups is 1. The molecule has 0 heterocycles. The van der Waals surface area contributed by atoms with Crippen LogP contribution in [0, 0.1) is 0 Å². The van der Waals surface area contributed by atoms with Crippen LogP contribution in [0.5, 0.6) is 0 Å². The van der Waals surface area contributed by atoms with E-state index in [4.69, 9.17) is 0 Å². The molecular weight excluding hydrogens is 142 g/mol. The van der Waals surface area contributed by atoms with Gasteiger partial charge in [-0.3, -0.25) is 10.2 Å². The van der Waals surface area contributed by atoms with Gasteiger partial charge in [0, 0.05) is 20.1 Å². The van der Waals surface area contributed by atoms with Gasteiger partial charge in [-0.1, -0.05) is 0 Å². The summed E-state index contributed by atoms with van der Waals surface area (Å²) in [5.74, 6) is 0.0295. The Bertz CT molecular complexity index is 143. The van der Waals surface area contributed by atoms with Crippen LogP contribution < -0.4 is 10.7 Å². The fourth-order valence-electron chi connectivity index (χ4n) is 0.813. The van der Waals surface area contributed by atoms with Gasteiger partial charge in [0.25, 0.3) is 0 Å². The minimum atomic E-state index is 0.0295. The van der Waals surface area contributed by atoms with Crippen LogP contribution in [0.2, 0.25) is 0 Å². The maximum Gasteiger partial charge on any atom is 0.248 e. The molecule has 1 aliphatic rings. The summed E-state index contributed by atoms with van der Waals surface area (Å²) in [4.78, 5) is 11.0. The van der Waals surface area contributed by atoms with Crippen LogP contribution in [0.15, 0.2) is 0 Å². The summed E-state index contributed by atoms with van der Waals surface area (Å²) in [6, 6.07) is 0.600. The molecule has 0 aromatic rings. The van der Waals surface area contributed by atoms with Crippen molar-refractivity contribution in [2.75, 3.05) is 20.6 Å². The van der Waals surface area contributed by atoms with Gasteiger partial charge in [0.05, 0.1) is 6.54 Å². The molecule has 1 saturated carbocycles. The standard InChI is InChI=1S/C7H15N3O/c1-10(2)9-7(11)5-8-6-3-4-6/h6,8H,3-5H2,1-2H3,(H,9,11). The Labute approximate surface area is 66.9 Å². The molecule has 0 aliphatic heterocycles. The van der Waals surface area contributed by atoms with Crippen LogP contribution >= 0.6 is 0 Å². The van der Waals surface area contributed by atoms with Crippen LogP contribution in [0.25, 0.3) is 0 Å². The van der Waals surface area contributed by atoms with Crippen molar-refractivity contribution in [3.8, 4) is 0 Å². The van der Waals surface area contributed by atoms with Gasteiger partial charge in [0.1, 0.15) is 0 Å². The molecule has 0 bridgehead atoms. The molecule has 0 saturated heterocycles. The Kier molecular flexibility index (Phi) is 2.84. The lowest BCUT2D eigenvalue weighted by molar-refractivity contribution is -0.123. The Morgan fingerprint density at radius 3 is 2.64 bits per heavy atom. The third kappa shape index (κ3) is 3.95. The van der Waals surface area contributed by atoms with Crippen molar-refractivity contribution in [3.63, 3.8) is 0 Å². The van der Waals surface area contributed by atoms with E-state index >= 15 is 0 Å². The summed E-state index contributed by atoms with van der Waals surface area (Å²) in [6.45, 7) is 0.433. The van der Waals surface area contributed by atoms with Gasteiger partial charge in [-0.05, 0) is 12.8 Å². The van der Waals surface area contributed by atoms with Crippen LogP contribution in [0.4, 0.5) is 0 Å². The van der Waals surface area contributed by atoms with Crippen LogP contribution in [-0.2, 0) is 4.79 Å². The quantitative estimate of drug-likeness (QED) is 0.532. The molecule has 0 atom stereocenters. The first kappa shape index (κ1) is 8.49. The zero-order valence-electron chi connectivity index (χ0n) is 7.05. The van der Waals surface area contributed by atoms with Crippen molar-refractivity contribution in [2.45, 2.75) is 18.9 Å². The highest BCUT2D eigenvalue weighted by Crippen LogP contribution is 2.17. The Balaban J connectivity index is 2.00. The first-order valence-corrected chi connectivity index (χ1v) is 3.88. The molecule has 2 N–H and O–H groups in total. The predicted molar refractivity (Wildman–Crippen MR) is 42.9 cm³/mol. The van der Waals surface area contributed by atoms with Crippen molar-refractivity contribution in [1.29, 1.82) is 0 Å². The normalized spacial score (nSPS) is 17.0. The molecule has 11 heavy (non-hydrogen) atoms. The van der Waals surface area contributed by atoms with Crippen molar-refractivity contribution in [1.82, 2.24) is 15.8 Å². The lowest BCUT2D eigenvalue weighted by atomic mass is 10.5. The highest BCUT2D eigenvalue weighted by molar-refractivity contribution is 5.77. The second kappa shape index (κ2) is 3.69. The van der Waals surface area contributed by atoms with Gasteiger partial charge in [0.15, 0.2) is 0 Å². The summed E-state index contributed by atoms with van der Waals surface area (Å²) < 4.78 is 0. The van der Waals surface area contributed by atoms with E-state index in [9.17, 15) is 4.79 Å². The fraction of sp³-hybridized carbons (Fsp3) is 0.857. The maximum atomic E-state index is 11.0. The Morgan fingerprint density at radius 1 is 1.55 bits per heavy atom. The molecular formula is C7H15N3O. The lowest BCUT2D eigenvalue weighted by Gasteiger charge is -2.11. The highest BCUT2D eigenvalue weighted by Gasteiger charge is 2.20. The molecule has 1 aliphatic carbocycles. The van der Waals surface area contributed by atoms with Gasteiger partial charge in [-0.15, -0.1) is 0 Å². The van der Waals surface area contributed by atoms with E-state index < -0.39 is 0 Å². The number of carbonyl (C=O) groups is 1. The molecule has 1 amide bonds. The van der Waals surface area contributed by atoms with E-state index in [1.807, 2.05) is 0 Å². The average Bonchev–Trinajstić information content (AvgIpc) is 2.63. The maximum absolute atomic E-state index is 11.0. The molecule has 4 heteroatoms. The number of amides is 1. The van der Waals surface area contributed by atoms with Gasteiger partial charge in [-0.25, -0.2) is 5.01 Å². The second-order valence-corrected chi connectivity index (χ2v) is 3.08. The predicted octanol–water partition coefficient (Wildman–Crippen LogP) is -0.669. The minimum absolute atomic E-state index is 0.0295. The fourth-order valence-corrected chi connectivity index (χ4v) is 0.813. The van der Waals surface area contributed by atoms with E-state index in [-0.39, 0.29) is 5.91 Å². The third-order valence-corrected chi connectivity index (χ3v) is 1.48. The van der Waals surface area contributed by atoms with Gasteiger partial charge in [0.2, 0.25) is 5.91 Å². The summed E-state index contributed by atoms with van der Waals surface area (Å²) in [5.41, 5.74) is 2.66. The number of nitrogens with one attached hydrogen (secondary N) is 2. The van der Waals surface area contributed by atoms with E-state index in [1.54, 1.807) is 19.1 Å². The zero-order chi connectivity index (χ0) is 8.27. The summed E-state index contributed by atoms with van der Waals surface area (Å²) >= 11 is 0. The van der Waals surface area contributed by atoms with Gasteiger partial charge in [-0.2, -0.15) is 0 Å². The molecule has 1 fully saturated rings. The van der Waals surface area contributed by atoms with Crippen molar-refractivity contribution in [2.24, 2.45) is 0 Å². The monoisotopic (exact) mass is 157 g/mol. The van der Waals surface area contributed by atoms with Crippen molar-refractivity contribution >= 4 is 5.91 Å². The average molecular weight is 157 g/mol. The number of hydrogen-bond acceptors (Lipinski definition) is 3. The lowest BCUT2D eigenvalue weighted by Crippen LogP contribution is -2.42. The smallest absolute Gasteiger partial charge is 0.248 e. The first-order chi connectivity index (χ1) is 5.18. The zero-order valence-corrected chi connectivity index (χ0v) is 7.05. The van der Waals surface area contributed by atoms with E-state index in [1.165, 1.54) is 12.8 Å². The van der Waals surface area contributed by atoms with E-state index in [2.05, 4.69) is 10.7 Å². The number of carbonyl (C=O) groups excluding carboxylic acids is 1. The molecule has 0 radical (unpaired) electrons. The minimum Gasteiger partial charge on any atom is -0.306 e. The van der Waals surface area contributed by atoms with Crippen molar-refractivity contribution < 1.29 is 4.79 Å². The molecule has 4 nitrogen and oxygen atoms in total. The summed E-state index contributed by atoms with van der Waals surface area (Å²) in [5, 5.41) is 4.77. The number of rotatable bonds is 4. The van der Waals surface area contributed by atoms with Crippen LogP contribution in [0.1, 0.15) is 12.8 Å². The highest BCUT2D eigenvalue weighted by atomic mass is 16.2. The van der Waals surface area contributed by atoms with Gasteiger partial charge < -0.3 is 5.32 Å². The molecule has 0 spiro atoms. The van der Waals surface area contributed by atoms with Gasteiger partial charge >= 0.3 is 0 Å². The largest absolute Gasteiger partial charge is 0.306 e. The van der Waals surface area contributed by atoms with E-state index in [0.29, 0.717) is 12.6 Å². The third-order valence-electron chi connectivity index (χ3n) is 1.48. The number of nitrogens with zero attached hydrogens (tertiary/aromatic N) is 1. The molecule has 1 rings (SSSR count). The molecule has 0 aromatic carbocycles. The summed E-state index contributed by atoms with van der Waals surface area (Å²) in [6.07, 6.45) is 2.44. The SMILES string of the molecule is CN(C)NC(=O)CNC1CC1. The molecule has 0 aromatic heterocycles. The van der Waals surface area contributed by atoms with E-state index in [0.717, 1.165) is 0 Å². The van der Waals surface area contributed by atoms with Crippen LogP contribution in [-0.4, -0.2) is 37.6 Å². The first-order valence-electron chi connectivity index (χ1n) is 3.88. The topological polar surface area (TPSA) is 44.4 Å². The van der Waals surface area contributed by atoms with Crippen LogP contribution in [0.3, 0.4) is 0 Å². The van der Waals surface area contributed by atoms with Crippen molar-refractivity contribution in [3.05, 3.63) is 0 Å². The second-order valence-electron chi connectivity index (χ2n) is 3.08. The summed E-state index contributed by atoms with van der Waals surface area (Å²) in [7, 11) is 3.60. The molecule has 64 valence electrons.